The number of esters is 1. The van der Waals surface area contributed by atoms with Gasteiger partial charge >= 0.3 is 12.6 Å². The molecule has 0 saturated carbocycles. The number of amides is 1. The SMILES string of the molecule is C[C@H](OC(=O)c1ccc(OC(F)F)cc1)C(=O)N[C@H]1CCS(=O)(=O)C1. The van der Waals surface area contributed by atoms with E-state index in [9.17, 15) is 26.8 Å². The molecule has 10 heteroatoms. The van der Waals surface area contributed by atoms with E-state index in [0.717, 1.165) is 0 Å². The molecule has 25 heavy (non-hydrogen) atoms. The first-order valence-electron chi connectivity index (χ1n) is 7.43. The van der Waals surface area contributed by atoms with Crippen molar-refractivity contribution in [3.05, 3.63) is 29.8 Å². The lowest BCUT2D eigenvalue weighted by Crippen LogP contribution is -2.42. The highest BCUT2D eigenvalue weighted by atomic mass is 32.2. The lowest BCUT2D eigenvalue weighted by molar-refractivity contribution is -0.129. The van der Waals surface area contributed by atoms with Crippen molar-refractivity contribution < 1.29 is 36.3 Å². The Morgan fingerprint density at radius 3 is 2.40 bits per heavy atom. The molecular weight excluding hydrogens is 360 g/mol. The van der Waals surface area contributed by atoms with Crippen LogP contribution in [0.4, 0.5) is 8.78 Å². The minimum Gasteiger partial charge on any atom is -0.449 e. The van der Waals surface area contributed by atoms with Crippen molar-refractivity contribution in [2.24, 2.45) is 0 Å². The van der Waals surface area contributed by atoms with E-state index in [-0.39, 0.29) is 22.8 Å². The highest BCUT2D eigenvalue weighted by Gasteiger charge is 2.30. The summed E-state index contributed by atoms with van der Waals surface area (Å²) in [5.74, 6) is -1.65. The first-order valence-corrected chi connectivity index (χ1v) is 9.25. The minimum atomic E-state index is -3.13. The van der Waals surface area contributed by atoms with Crippen molar-refractivity contribution in [2.45, 2.75) is 32.1 Å². The van der Waals surface area contributed by atoms with Gasteiger partial charge in [-0.1, -0.05) is 0 Å². The van der Waals surface area contributed by atoms with Gasteiger partial charge in [0.05, 0.1) is 17.1 Å². The summed E-state index contributed by atoms with van der Waals surface area (Å²) >= 11 is 0. The topological polar surface area (TPSA) is 98.8 Å². The van der Waals surface area contributed by atoms with Gasteiger partial charge < -0.3 is 14.8 Å². The quantitative estimate of drug-likeness (QED) is 0.747. The van der Waals surface area contributed by atoms with Crippen LogP contribution in [0.5, 0.6) is 5.75 Å². The molecule has 0 aromatic heterocycles. The van der Waals surface area contributed by atoms with Gasteiger partial charge in [0.1, 0.15) is 5.75 Å². The molecule has 0 spiro atoms. The van der Waals surface area contributed by atoms with Crippen molar-refractivity contribution >= 4 is 21.7 Å². The van der Waals surface area contributed by atoms with Gasteiger partial charge in [0.25, 0.3) is 5.91 Å². The summed E-state index contributed by atoms with van der Waals surface area (Å²) in [7, 11) is -3.13. The predicted molar refractivity (Wildman–Crippen MR) is 83.2 cm³/mol. The van der Waals surface area contributed by atoms with Gasteiger partial charge in [-0.05, 0) is 37.6 Å². The summed E-state index contributed by atoms with van der Waals surface area (Å²) < 4.78 is 56.0. The highest BCUT2D eigenvalue weighted by molar-refractivity contribution is 7.91. The molecule has 7 nitrogen and oxygen atoms in total. The maximum atomic E-state index is 12.1. The summed E-state index contributed by atoms with van der Waals surface area (Å²) in [6.07, 6.45) is -0.812. The lowest BCUT2D eigenvalue weighted by atomic mass is 10.2. The molecule has 0 unspecified atom stereocenters. The van der Waals surface area contributed by atoms with Gasteiger partial charge in [0.2, 0.25) is 0 Å². The number of carbonyl (C=O) groups excluding carboxylic acids is 2. The van der Waals surface area contributed by atoms with Crippen LogP contribution < -0.4 is 10.1 Å². The smallest absolute Gasteiger partial charge is 0.387 e. The molecule has 1 N–H and O–H groups in total. The highest BCUT2D eigenvalue weighted by Crippen LogP contribution is 2.16. The van der Waals surface area contributed by atoms with Crippen LogP contribution in [0, 0.1) is 0 Å². The number of sulfone groups is 1. The second-order valence-corrected chi connectivity index (χ2v) is 7.79. The van der Waals surface area contributed by atoms with Crippen molar-refractivity contribution in [3.63, 3.8) is 0 Å². The molecule has 0 radical (unpaired) electrons. The van der Waals surface area contributed by atoms with E-state index in [0.29, 0.717) is 6.42 Å². The van der Waals surface area contributed by atoms with E-state index < -0.39 is 40.5 Å². The molecule has 2 atom stereocenters. The first kappa shape index (κ1) is 19.1. The van der Waals surface area contributed by atoms with E-state index in [2.05, 4.69) is 10.1 Å². The maximum Gasteiger partial charge on any atom is 0.387 e. The zero-order valence-corrected chi connectivity index (χ0v) is 14.1. The Bertz CT molecular complexity index is 735. The number of rotatable bonds is 6. The molecule has 1 aliphatic heterocycles. The summed E-state index contributed by atoms with van der Waals surface area (Å²) in [6, 6.07) is 4.32. The Balaban J connectivity index is 1.87. The standard InChI is InChI=1S/C15H17F2NO6S/c1-9(13(19)18-11-6-7-25(21,22)8-11)23-14(20)10-2-4-12(5-3-10)24-15(16)17/h2-5,9,11,15H,6-8H2,1H3,(H,18,19)/t9-,11-/m0/s1. The fourth-order valence-corrected chi connectivity index (χ4v) is 3.96. The van der Waals surface area contributed by atoms with Crippen LogP contribution in [0.2, 0.25) is 0 Å². The van der Waals surface area contributed by atoms with Gasteiger partial charge in [-0.15, -0.1) is 0 Å². The van der Waals surface area contributed by atoms with Crippen LogP contribution in [0.3, 0.4) is 0 Å². The van der Waals surface area contributed by atoms with Gasteiger partial charge in [-0.25, -0.2) is 13.2 Å². The Labute approximate surface area is 143 Å². The van der Waals surface area contributed by atoms with E-state index in [4.69, 9.17) is 4.74 Å². The Morgan fingerprint density at radius 1 is 1.24 bits per heavy atom. The second-order valence-electron chi connectivity index (χ2n) is 5.56. The molecule has 1 amide bonds. The molecule has 1 heterocycles. The maximum absolute atomic E-state index is 12.1. The van der Waals surface area contributed by atoms with Crippen molar-refractivity contribution in [1.29, 1.82) is 0 Å². The van der Waals surface area contributed by atoms with Crippen LogP contribution >= 0.6 is 0 Å². The molecule has 2 rings (SSSR count). The molecule has 1 aliphatic rings. The Morgan fingerprint density at radius 2 is 1.88 bits per heavy atom. The number of hydrogen-bond acceptors (Lipinski definition) is 6. The zero-order chi connectivity index (χ0) is 18.6. The van der Waals surface area contributed by atoms with Crippen LogP contribution in [0.15, 0.2) is 24.3 Å². The Hall–Kier alpha value is -2.23. The van der Waals surface area contributed by atoms with Gasteiger partial charge in [-0.3, -0.25) is 4.79 Å². The number of halogens is 2. The summed E-state index contributed by atoms with van der Waals surface area (Å²) in [5, 5.41) is 2.52. The first-order chi connectivity index (χ1) is 11.7. The largest absolute Gasteiger partial charge is 0.449 e. The van der Waals surface area contributed by atoms with Crippen molar-refractivity contribution in [1.82, 2.24) is 5.32 Å². The minimum absolute atomic E-state index is 0.0130. The van der Waals surface area contributed by atoms with Gasteiger partial charge in [0.15, 0.2) is 15.9 Å². The average molecular weight is 377 g/mol. The fourth-order valence-electron chi connectivity index (χ4n) is 2.28. The zero-order valence-electron chi connectivity index (χ0n) is 13.3. The van der Waals surface area contributed by atoms with E-state index >= 15 is 0 Å². The summed E-state index contributed by atoms with van der Waals surface area (Å²) in [5.41, 5.74) is 0.0599. The third kappa shape index (κ3) is 5.66. The average Bonchev–Trinajstić information content (AvgIpc) is 2.86. The van der Waals surface area contributed by atoms with Crippen molar-refractivity contribution in [3.8, 4) is 5.75 Å². The third-order valence-corrected chi connectivity index (χ3v) is 5.31. The number of carbonyl (C=O) groups is 2. The molecule has 1 fully saturated rings. The molecular formula is C15H17F2NO6S. The fraction of sp³-hybridized carbons (Fsp3) is 0.467. The van der Waals surface area contributed by atoms with Crippen LogP contribution in [0.1, 0.15) is 23.7 Å². The summed E-state index contributed by atoms with van der Waals surface area (Å²) in [6.45, 7) is -1.62. The number of benzene rings is 1. The van der Waals surface area contributed by atoms with Crippen LogP contribution in [-0.2, 0) is 19.4 Å². The normalized spacial score (nSPS) is 20.1. The third-order valence-electron chi connectivity index (χ3n) is 3.55. The molecule has 0 bridgehead atoms. The van der Waals surface area contributed by atoms with Crippen LogP contribution in [-0.4, -0.2) is 50.6 Å². The number of nitrogens with one attached hydrogen (secondary N) is 1. The van der Waals surface area contributed by atoms with E-state index in [1.165, 1.54) is 31.2 Å². The number of ether oxygens (including phenoxy) is 2. The van der Waals surface area contributed by atoms with Gasteiger partial charge in [-0.2, -0.15) is 8.78 Å². The molecule has 1 aromatic carbocycles. The number of alkyl halides is 2. The predicted octanol–water partition coefficient (Wildman–Crippen LogP) is 1.14. The van der Waals surface area contributed by atoms with E-state index in [1.54, 1.807) is 0 Å². The van der Waals surface area contributed by atoms with Gasteiger partial charge in [0, 0.05) is 6.04 Å². The van der Waals surface area contributed by atoms with E-state index in [1.807, 2.05) is 0 Å². The second kappa shape index (κ2) is 7.77. The molecule has 1 saturated heterocycles. The molecule has 0 aliphatic carbocycles. The van der Waals surface area contributed by atoms with Crippen molar-refractivity contribution in [2.75, 3.05) is 11.5 Å². The summed E-state index contributed by atoms with van der Waals surface area (Å²) in [4.78, 5) is 23.9. The molecule has 1 aromatic rings. The van der Waals surface area contributed by atoms with Crippen LogP contribution in [0.25, 0.3) is 0 Å². The Kier molecular flexibility index (Phi) is 5.93. The number of hydrogen-bond donors (Lipinski definition) is 1. The monoisotopic (exact) mass is 377 g/mol. The molecule has 138 valence electrons. The lowest BCUT2D eigenvalue weighted by Gasteiger charge is -2.16.